The van der Waals surface area contributed by atoms with Crippen molar-refractivity contribution in [3.63, 3.8) is 0 Å². The van der Waals surface area contributed by atoms with Gasteiger partial charge in [0.05, 0.1) is 16.8 Å². The number of nitrogens with one attached hydrogen (secondary N) is 1. The smallest absolute Gasteiger partial charge is 0.309 e. The van der Waals surface area contributed by atoms with E-state index in [1.54, 1.807) is 36.1 Å². The molecule has 0 radical (unpaired) electrons. The van der Waals surface area contributed by atoms with Crippen LogP contribution in [0.1, 0.15) is 47.6 Å². The maximum absolute atomic E-state index is 12.8. The van der Waals surface area contributed by atoms with Gasteiger partial charge < -0.3 is 14.6 Å². The first-order valence-corrected chi connectivity index (χ1v) is 10.5. The number of likely N-dealkylation sites (tertiary alicyclic amines) is 1. The fourth-order valence-electron chi connectivity index (χ4n) is 3.92. The largest absolute Gasteiger partial charge is 0.454 e. The van der Waals surface area contributed by atoms with Gasteiger partial charge in [-0.15, -0.1) is 0 Å². The Balaban J connectivity index is 1.37. The first kappa shape index (κ1) is 20.8. The van der Waals surface area contributed by atoms with Gasteiger partial charge in [-0.25, -0.2) is 4.98 Å². The van der Waals surface area contributed by atoms with Crippen LogP contribution < -0.4 is 5.56 Å². The summed E-state index contributed by atoms with van der Waals surface area (Å²) in [5.74, 6) is -0.290. The fourth-order valence-corrected chi connectivity index (χ4v) is 3.92. The van der Waals surface area contributed by atoms with Crippen LogP contribution in [0.15, 0.2) is 53.3 Å². The Kier molecular flexibility index (Phi) is 5.84. The first-order valence-electron chi connectivity index (χ1n) is 10.5. The third-order valence-corrected chi connectivity index (χ3v) is 5.80. The predicted octanol–water partition coefficient (Wildman–Crippen LogP) is 3.39. The van der Waals surface area contributed by atoms with Gasteiger partial charge in [0.15, 0.2) is 11.9 Å². The number of nitrogens with zero attached hydrogens (tertiary/aromatic N) is 2. The van der Waals surface area contributed by atoms with Crippen LogP contribution in [0.3, 0.4) is 0 Å². The van der Waals surface area contributed by atoms with Gasteiger partial charge in [-0.2, -0.15) is 0 Å². The number of esters is 1. The number of aryl methyl sites for hydroxylation is 1. The summed E-state index contributed by atoms with van der Waals surface area (Å²) in [6, 6.07) is 14.6. The summed E-state index contributed by atoms with van der Waals surface area (Å²) in [7, 11) is 0. The molecule has 1 aliphatic heterocycles. The lowest BCUT2D eigenvalue weighted by Gasteiger charge is -2.31. The zero-order valence-corrected chi connectivity index (χ0v) is 17.6. The maximum Gasteiger partial charge on any atom is 0.309 e. The van der Waals surface area contributed by atoms with Crippen molar-refractivity contribution in [2.24, 2.45) is 5.92 Å². The summed E-state index contributed by atoms with van der Waals surface area (Å²) < 4.78 is 5.60. The monoisotopic (exact) mass is 419 g/mol. The van der Waals surface area contributed by atoms with E-state index in [0.717, 1.165) is 5.56 Å². The molecule has 1 atom stereocenters. The number of fused-ring (bicyclic) bond motifs is 1. The second kappa shape index (κ2) is 8.71. The van der Waals surface area contributed by atoms with Crippen molar-refractivity contribution in [3.8, 4) is 0 Å². The summed E-state index contributed by atoms with van der Waals surface area (Å²) >= 11 is 0. The summed E-state index contributed by atoms with van der Waals surface area (Å²) in [5.41, 5.74) is 1.95. The molecule has 7 heteroatoms. The lowest BCUT2D eigenvalue weighted by atomic mass is 9.96. The number of aromatic nitrogens is 2. The molecule has 0 bridgehead atoms. The molecule has 3 aromatic rings. The molecule has 2 heterocycles. The average molecular weight is 419 g/mol. The molecule has 160 valence electrons. The summed E-state index contributed by atoms with van der Waals surface area (Å²) in [6.07, 6.45) is 0.423. The second-order valence-corrected chi connectivity index (χ2v) is 7.93. The Morgan fingerprint density at radius 1 is 1.10 bits per heavy atom. The highest BCUT2D eigenvalue weighted by Crippen LogP contribution is 2.24. The molecule has 7 nitrogen and oxygen atoms in total. The van der Waals surface area contributed by atoms with E-state index in [1.807, 2.05) is 31.2 Å². The number of piperidine rings is 1. The summed E-state index contributed by atoms with van der Waals surface area (Å²) in [4.78, 5) is 46.6. The van der Waals surface area contributed by atoms with Crippen LogP contribution in [0.25, 0.3) is 10.9 Å². The number of ether oxygens (including phenoxy) is 1. The average Bonchev–Trinajstić information content (AvgIpc) is 2.79. The van der Waals surface area contributed by atoms with E-state index in [2.05, 4.69) is 9.97 Å². The minimum Gasteiger partial charge on any atom is -0.454 e. The molecule has 31 heavy (non-hydrogen) atoms. The Bertz CT molecular complexity index is 1180. The van der Waals surface area contributed by atoms with Gasteiger partial charge in [0.1, 0.15) is 0 Å². The van der Waals surface area contributed by atoms with Crippen LogP contribution in [0, 0.1) is 12.8 Å². The molecule has 0 saturated carbocycles. The molecule has 4 rings (SSSR count). The van der Waals surface area contributed by atoms with E-state index in [0.29, 0.717) is 48.2 Å². The van der Waals surface area contributed by atoms with Gasteiger partial charge in [0.2, 0.25) is 0 Å². The number of rotatable bonds is 4. The van der Waals surface area contributed by atoms with Crippen molar-refractivity contribution in [1.29, 1.82) is 0 Å². The number of para-hydroxylation sites is 1. The summed E-state index contributed by atoms with van der Waals surface area (Å²) in [5, 5.41) is 0.496. The minimum absolute atomic E-state index is 0.00350. The Morgan fingerprint density at radius 3 is 2.52 bits per heavy atom. The Morgan fingerprint density at radius 2 is 1.77 bits per heavy atom. The molecular weight excluding hydrogens is 394 g/mol. The SMILES string of the molecule is Cc1ccccc1C(=O)N1CCC(C(=O)O[C@H](C)c2nc3ccccc3c(=O)[nH]2)CC1. The van der Waals surface area contributed by atoms with Crippen LogP contribution in [-0.2, 0) is 9.53 Å². The lowest BCUT2D eigenvalue weighted by molar-refractivity contribution is -0.155. The zero-order valence-electron chi connectivity index (χ0n) is 17.6. The van der Waals surface area contributed by atoms with Gasteiger partial charge in [-0.1, -0.05) is 30.3 Å². The van der Waals surface area contributed by atoms with E-state index in [1.165, 1.54) is 0 Å². The van der Waals surface area contributed by atoms with E-state index in [-0.39, 0.29) is 23.4 Å². The molecule has 0 unspecified atom stereocenters. The molecule has 1 fully saturated rings. The Labute approximate surface area is 180 Å². The highest BCUT2D eigenvalue weighted by atomic mass is 16.5. The van der Waals surface area contributed by atoms with Gasteiger partial charge in [0, 0.05) is 18.7 Å². The number of amides is 1. The summed E-state index contributed by atoms with van der Waals surface area (Å²) in [6.45, 7) is 4.63. The van der Waals surface area contributed by atoms with Crippen LogP contribution >= 0.6 is 0 Å². The van der Waals surface area contributed by atoms with Gasteiger partial charge in [-0.3, -0.25) is 14.4 Å². The lowest BCUT2D eigenvalue weighted by Crippen LogP contribution is -2.41. The third-order valence-electron chi connectivity index (χ3n) is 5.80. The van der Waals surface area contributed by atoms with E-state index in [4.69, 9.17) is 4.74 Å². The molecule has 1 aliphatic rings. The molecule has 1 amide bonds. The van der Waals surface area contributed by atoms with Gasteiger partial charge in [0.25, 0.3) is 11.5 Å². The quantitative estimate of drug-likeness (QED) is 0.655. The number of hydrogen-bond donors (Lipinski definition) is 1. The number of aromatic amines is 1. The van der Waals surface area contributed by atoms with Crippen molar-refractivity contribution >= 4 is 22.8 Å². The topological polar surface area (TPSA) is 92.4 Å². The number of H-pyrrole nitrogens is 1. The highest BCUT2D eigenvalue weighted by molar-refractivity contribution is 5.95. The number of hydrogen-bond acceptors (Lipinski definition) is 5. The van der Waals surface area contributed by atoms with E-state index in [9.17, 15) is 14.4 Å². The van der Waals surface area contributed by atoms with Crippen LogP contribution in [0.2, 0.25) is 0 Å². The normalized spacial score (nSPS) is 15.6. The predicted molar refractivity (Wildman–Crippen MR) is 117 cm³/mol. The first-order chi connectivity index (χ1) is 14.9. The maximum atomic E-state index is 12.8. The molecule has 1 aromatic heterocycles. The van der Waals surface area contributed by atoms with Crippen LogP contribution in [0.4, 0.5) is 0 Å². The standard InChI is InChI=1S/C24H25N3O4/c1-15-7-3-4-8-18(15)23(29)27-13-11-17(12-14-27)24(30)31-16(2)21-25-20-10-6-5-9-19(20)22(28)26-21/h3-10,16-17H,11-14H2,1-2H3,(H,25,26,28)/t16-/m1/s1. The Hall–Kier alpha value is -3.48. The number of benzene rings is 2. The fraction of sp³-hybridized carbons (Fsp3) is 0.333. The molecule has 0 spiro atoms. The van der Waals surface area contributed by atoms with Crippen molar-refractivity contribution in [2.45, 2.75) is 32.8 Å². The molecule has 1 N–H and O–H groups in total. The van der Waals surface area contributed by atoms with Crippen molar-refractivity contribution in [2.75, 3.05) is 13.1 Å². The van der Waals surface area contributed by atoms with Crippen LogP contribution in [-0.4, -0.2) is 39.8 Å². The van der Waals surface area contributed by atoms with Crippen LogP contribution in [0.5, 0.6) is 0 Å². The second-order valence-electron chi connectivity index (χ2n) is 7.93. The minimum atomic E-state index is -0.670. The molecule has 2 aromatic carbocycles. The zero-order chi connectivity index (χ0) is 22.0. The molecule has 1 saturated heterocycles. The van der Waals surface area contributed by atoms with Gasteiger partial charge in [-0.05, 0) is 50.5 Å². The molecular formula is C24H25N3O4. The number of carbonyl (C=O) groups is 2. The van der Waals surface area contributed by atoms with Crippen molar-refractivity contribution in [1.82, 2.24) is 14.9 Å². The number of carbonyl (C=O) groups excluding carboxylic acids is 2. The van der Waals surface area contributed by atoms with Gasteiger partial charge >= 0.3 is 5.97 Å². The van der Waals surface area contributed by atoms with Crippen molar-refractivity contribution in [3.05, 3.63) is 75.8 Å². The van der Waals surface area contributed by atoms with E-state index >= 15 is 0 Å². The van der Waals surface area contributed by atoms with Crippen molar-refractivity contribution < 1.29 is 14.3 Å². The molecule has 0 aliphatic carbocycles. The van der Waals surface area contributed by atoms with E-state index < -0.39 is 6.10 Å². The highest BCUT2D eigenvalue weighted by Gasteiger charge is 2.30. The third kappa shape index (κ3) is 4.35.